The minimum atomic E-state index is 0.569. The molecule has 0 amide bonds. The normalized spacial score (nSPS) is 11.3. The lowest BCUT2D eigenvalue weighted by molar-refractivity contribution is 0.509. The minimum Gasteiger partial charge on any atom is -0.440 e. The Hall–Kier alpha value is -1.17. The van der Waals surface area contributed by atoms with E-state index in [1.165, 1.54) is 9.40 Å². The number of nitrogens with two attached hydrogens (primary N) is 1. The Kier molecular flexibility index (Phi) is 2.51. The molecule has 0 saturated carbocycles. The molecule has 0 aliphatic carbocycles. The first kappa shape index (κ1) is 10.0. The van der Waals surface area contributed by atoms with Crippen molar-refractivity contribution < 1.29 is 4.42 Å². The first-order valence-electron chi connectivity index (χ1n) is 4.99. The van der Waals surface area contributed by atoms with Crippen LogP contribution in [0.15, 0.2) is 28.1 Å². The molecule has 0 bridgehead atoms. The topological polar surface area (TPSA) is 52.0 Å². The standard InChI is InChI=1S/C11H10N2OS2/c12-3-1-11-13-6-7(14-11)9-5-10-8(16-9)2-4-15-10/h2,4-6H,1,3,12H2. The first-order valence-corrected chi connectivity index (χ1v) is 6.68. The molecule has 0 saturated heterocycles. The van der Waals surface area contributed by atoms with Crippen LogP contribution in [0.25, 0.3) is 20.0 Å². The van der Waals surface area contributed by atoms with Gasteiger partial charge in [-0.05, 0) is 17.5 Å². The number of thiophene rings is 2. The second kappa shape index (κ2) is 4.01. The molecule has 0 aliphatic heterocycles. The Labute approximate surface area is 101 Å². The summed E-state index contributed by atoms with van der Waals surface area (Å²) in [7, 11) is 0. The smallest absolute Gasteiger partial charge is 0.196 e. The fourth-order valence-corrected chi connectivity index (χ4v) is 3.61. The summed E-state index contributed by atoms with van der Waals surface area (Å²) < 4.78 is 8.24. The van der Waals surface area contributed by atoms with Gasteiger partial charge in [0.25, 0.3) is 0 Å². The number of hydrogen-bond donors (Lipinski definition) is 1. The van der Waals surface area contributed by atoms with Gasteiger partial charge >= 0.3 is 0 Å². The van der Waals surface area contributed by atoms with Crippen molar-refractivity contribution in [3.05, 3.63) is 29.6 Å². The van der Waals surface area contributed by atoms with Crippen molar-refractivity contribution in [3.8, 4) is 10.6 Å². The molecule has 0 fully saturated rings. The Morgan fingerprint density at radius 2 is 2.31 bits per heavy atom. The monoisotopic (exact) mass is 250 g/mol. The third kappa shape index (κ3) is 1.67. The molecule has 16 heavy (non-hydrogen) atoms. The lowest BCUT2D eigenvalue weighted by Gasteiger charge is -1.89. The molecule has 5 heteroatoms. The molecule has 0 aliphatic rings. The number of aromatic nitrogens is 1. The zero-order valence-electron chi connectivity index (χ0n) is 8.47. The van der Waals surface area contributed by atoms with Gasteiger partial charge in [0.15, 0.2) is 11.7 Å². The summed E-state index contributed by atoms with van der Waals surface area (Å²) in [5, 5.41) is 2.10. The summed E-state index contributed by atoms with van der Waals surface area (Å²) in [6, 6.07) is 4.28. The number of hydrogen-bond acceptors (Lipinski definition) is 5. The maximum atomic E-state index is 5.63. The molecule has 3 aromatic heterocycles. The summed E-state index contributed by atoms with van der Waals surface area (Å²) in [5.41, 5.74) is 5.46. The highest BCUT2D eigenvalue weighted by Crippen LogP contribution is 2.36. The van der Waals surface area contributed by atoms with Crippen LogP contribution in [0.2, 0.25) is 0 Å². The summed E-state index contributed by atoms with van der Waals surface area (Å²) in [4.78, 5) is 5.34. The molecule has 0 aromatic carbocycles. The van der Waals surface area contributed by atoms with Crippen LogP contribution in [0.4, 0.5) is 0 Å². The molecule has 3 rings (SSSR count). The van der Waals surface area contributed by atoms with Crippen molar-refractivity contribution >= 4 is 32.1 Å². The summed E-state index contributed by atoms with van der Waals surface area (Å²) in [5.74, 6) is 1.56. The van der Waals surface area contributed by atoms with Crippen LogP contribution >= 0.6 is 22.7 Å². The molecular weight excluding hydrogens is 240 g/mol. The molecule has 2 N–H and O–H groups in total. The van der Waals surface area contributed by atoms with E-state index in [0.29, 0.717) is 18.9 Å². The Morgan fingerprint density at radius 3 is 3.12 bits per heavy atom. The van der Waals surface area contributed by atoms with E-state index in [2.05, 4.69) is 22.5 Å². The lowest BCUT2D eigenvalue weighted by Crippen LogP contribution is -2.02. The van der Waals surface area contributed by atoms with Gasteiger partial charge in [-0.3, -0.25) is 0 Å². The van der Waals surface area contributed by atoms with Gasteiger partial charge in [-0.1, -0.05) is 0 Å². The molecule has 0 unspecified atom stereocenters. The summed E-state index contributed by atoms with van der Waals surface area (Å²) in [6.07, 6.45) is 2.47. The van der Waals surface area contributed by atoms with Crippen molar-refractivity contribution in [2.45, 2.75) is 6.42 Å². The van der Waals surface area contributed by atoms with Gasteiger partial charge in [-0.15, -0.1) is 22.7 Å². The third-order valence-corrected chi connectivity index (χ3v) is 4.40. The van der Waals surface area contributed by atoms with E-state index >= 15 is 0 Å². The molecule has 3 heterocycles. The van der Waals surface area contributed by atoms with Gasteiger partial charge in [0.1, 0.15) is 0 Å². The highest BCUT2D eigenvalue weighted by Gasteiger charge is 2.10. The van der Waals surface area contributed by atoms with Crippen molar-refractivity contribution in [2.75, 3.05) is 6.54 Å². The van der Waals surface area contributed by atoms with Crippen LogP contribution in [-0.2, 0) is 6.42 Å². The average Bonchev–Trinajstić information content (AvgIpc) is 2.88. The molecule has 0 radical (unpaired) electrons. The minimum absolute atomic E-state index is 0.569. The quantitative estimate of drug-likeness (QED) is 0.777. The zero-order valence-corrected chi connectivity index (χ0v) is 10.1. The summed E-state index contributed by atoms with van der Waals surface area (Å²) >= 11 is 3.48. The van der Waals surface area contributed by atoms with Crippen LogP contribution in [0.3, 0.4) is 0 Å². The zero-order chi connectivity index (χ0) is 11.0. The first-order chi connectivity index (χ1) is 7.86. The van der Waals surface area contributed by atoms with E-state index in [1.54, 1.807) is 28.9 Å². The SMILES string of the molecule is NCCc1ncc(-c2cc3sccc3s2)o1. The average molecular weight is 250 g/mol. The third-order valence-electron chi connectivity index (χ3n) is 2.29. The molecule has 3 nitrogen and oxygen atoms in total. The Bertz CT molecular complexity index is 580. The fraction of sp³-hybridized carbons (Fsp3) is 0.182. The summed E-state index contributed by atoms with van der Waals surface area (Å²) in [6.45, 7) is 0.569. The highest BCUT2D eigenvalue weighted by atomic mass is 32.1. The second-order valence-corrected chi connectivity index (χ2v) is 5.45. The molecule has 0 spiro atoms. The van der Waals surface area contributed by atoms with E-state index in [4.69, 9.17) is 10.2 Å². The van der Waals surface area contributed by atoms with E-state index < -0.39 is 0 Å². The van der Waals surface area contributed by atoms with Crippen molar-refractivity contribution in [3.63, 3.8) is 0 Å². The van der Waals surface area contributed by atoms with Crippen LogP contribution in [0, 0.1) is 0 Å². The van der Waals surface area contributed by atoms with Crippen molar-refractivity contribution in [1.82, 2.24) is 4.98 Å². The van der Waals surface area contributed by atoms with Crippen LogP contribution in [0.1, 0.15) is 5.89 Å². The molecular formula is C11H10N2OS2. The van der Waals surface area contributed by atoms with E-state index in [0.717, 1.165) is 10.6 Å². The van der Waals surface area contributed by atoms with E-state index in [-0.39, 0.29) is 0 Å². The Balaban J connectivity index is 1.98. The molecule has 3 aromatic rings. The van der Waals surface area contributed by atoms with Gasteiger partial charge < -0.3 is 10.2 Å². The second-order valence-electron chi connectivity index (χ2n) is 3.42. The molecule has 82 valence electrons. The number of fused-ring (bicyclic) bond motifs is 1. The van der Waals surface area contributed by atoms with Gasteiger partial charge in [0, 0.05) is 22.4 Å². The van der Waals surface area contributed by atoms with Gasteiger partial charge in [0.2, 0.25) is 0 Å². The van der Waals surface area contributed by atoms with Crippen LogP contribution in [0.5, 0.6) is 0 Å². The van der Waals surface area contributed by atoms with Gasteiger partial charge in [-0.25, -0.2) is 4.98 Å². The highest BCUT2D eigenvalue weighted by molar-refractivity contribution is 7.28. The maximum Gasteiger partial charge on any atom is 0.196 e. The fourth-order valence-electron chi connectivity index (χ4n) is 1.55. The predicted molar refractivity (Wildman–Crippen MR) is 68.0 cm³/mol. The van der Waals surface area contributed by atoms with E-state index in [1.807, 2.05) is 0 Å². The number of nitrogens with zero attached hydrogens (tertiary/aromatic N) is 1. The Morgan fingerprint density at radius 1 is 1.38 bits per heavy atom. The predicted octanol–water partition coefficient (Wildman–Crippen LogP) is 3.12. The maximum absolute atomic E-state index is 5.63. The lowest BCUT2D eigenvalue weighted by atomic mass is 10.4. The van der Waals surface area contributed by atoms with Gasteiger partial charge in [0.05, 0.1) is 11.1 Å². The van der Waals surface area contributed by atoms with Crippen molar-refractivity contribution in [2.24, 2.45) is 5.73 Å². The largest absolute Gasteiger partial charge is 0.440 e. The van der Waals surface area contributed by atoms with E-state index in [9.17, 15) is 0 Å². The van der Waals surface area contributed by atoms with Crippen LogP contribution < -0.4 is 5.73 Å². The van der Waals surface area contributed by atoms with Crippen LogP contribution in [-0.4, -0.2) is 11.5 Å². The number of oxazole rings is 1. The van der Waals surface area contributed by atoms with Crippen molar-refractivity contribution in [1.29, 1.82) is 0 Å². The van der Waals surface area contributed by atoms with Gasteiger partial charge in [-0.2, -0.15) is 0 Å². The molecule has 0 atom stereocenters. The number of rotatable bonds is 3.